The lowest BCUT2D eigenvalue weighted by molar-refractivity contribution is -0.136. The molecule has 0 unspecified atom stereocenters. The predicted octanol–water partition coefficient (Wildman–Crippen LogP) is 2.96. The van der Waals surface area contributed by atoms with Gasteiger partial charge in [0.05, 0.1) is 6.21 Å². The molecule has 0 atom stereocenters. The number of nitrogens with one attached hydrogen (secondary N) is 2. The highest BCUT2D eigenvalue weighted by Gasteiger charge is 2.12. The standard InChI is InChI=1S/C20H16N4O3/c25-19(20(26)24-22-14-15-5-4-12-21-13-15)23-16-8-10-18(11-9-16)27-17-6-2-1-3-7-17/h1-14H,(H,23,25)(H,24,26). The first kappa shape index (κ1) is 17.8. The average Bonchev–Trinajstić information content (AvgIpc) is 2.71. The van der Waals surface area contributed by atoms with Gasteiger partial charge in [0.1, 0.15) is 11.5 Å². The van der Waals surface area contributed by atoms with Crippen LogP contribution in [0.2, 0.25) is 0 Å². The number of ether oxygens (including phenoxy) is 1. The van der Waals surface area contributed by atoms with E-state index in [-0.39, 0.29) is 0 Å². The lowest BCUT2D eigenvalue weighted by Gasteiger charge is -2.07. The number of nitrogens with zero attached hydrogens (tertiary/aromatic N) is 2. The van der Waals surface area contributed by atoms with Crippen molar-refractivity contribution < 1.29 is 14.3 Å². The highest BCUT2D eigenvalue weighted by molar-refractivity contribution is 6.39. The van der Waals surface area contributed by atoms with Gasteiger partial charge >= 0.3 is 11.8 Å². The number of carbonyl (C=O) groups excluding carboxylic acids is 2. The van der Waals surface area contributed by atoms with E-state index >= 15 is 0 Å². The van der Waals surface area contributed by atoms with Gasteiger partial charge in [-0.15, -0.1) is 0 Å². The monoisotopic (exact) mass is 360 g/mol. The first-order valence-electron chi connectivity index (χ1n) is 8.08. The summed E-state index contributed by atoms with van der Waals surface area (Å²) in [6.07, 6.45) is 4.60. The molecule has 0 aliphatic rings. The van der Waals surface area contributed by atoms with E-state index in [1.807, 2.05) is 30.3 Å². The molecule has 3 rings (SSSR count). The molecule has 3 aromatic rings. The molecule has 134 valence electrons. The number of carbonyl (C=O) groups is 2. The SMILES string of the molecule is O=C(NN=Cc1cccnc1)C(=O)Nc1ccc(Oc2ccccc2)cc1. The fourth-order valence-electron chi connectivity index (χ4n) is 2.09. The van der Waals surface area contributed by atoms with Crippen LogP contribution in [0.1, 0.15) is 5.56 Å². The summed E-state index contributed by atoms with van der Waals surface area (Å²) in [7, 11) is 0. The van der Waals surface area contributed by atoms with Gasteiger partial charge in [-0.25, -0.2) is 5.43 Å². The zero-order chi connectivity index (χ0) is 18.9. The Bertz CT molecular complexity index is 926. The van der Waals surface area contributed by atoms with Crippen molar-refractivity contribution in [2.24, 2.45) is 5.10 Å². The third-order valence-electron chi connectivity index (χ3n) is 3.36. The molecule has 27 heavy (non-hydrogen) atoms. The minimum atomic E-state index is -0.875. The number of hydrazone groups is 1. The largest absolute Gasteiger partial charge is 0.457 e. The summed E-state index contributed by atoms with van der Waals surface area (Å²) in [5.41, 5.74) is 3.33. The van der Waals surface area contributed by atoms with Crippen molar-refractivity contribution in [1.82, 2.24) is 10.4 Å². The number of benzene rings is 2. The molecule has 0 bridgehead atoms. The number of amides is 2. The minimum absolute atomic E-state index is 0.465. The molecule has 7 heteroatoms. The Kier molecular flexibility index (Phi) is 5.88. The van der Waals surface area contributed by atoms with Crippen molar-refractivity contribution in [3.05, 3.63) is 84.7 Å². The summed E-state index contributed by atoms with van der Waals surface area (Å²) in [5.74, 6) is -0.375. The van der Waals surface area contributed by atoms with Crippen molar-refractivity contribution in [2.45, 2.75) is 0 Å². The molecule has 2 amide bonds. The van der Waals surface area contributed by atoms with E-state index in [1.165, 1.54) is 6.21 Å². The van der Waals surface area contributed by atoms with Crippen molar-refractivity contribution in [2.75, 3.05) is 5.32 Å². The molecule has 7 nitrogen and oxygen atoms in total. The van der Waals surface area contributed by atoms with E-state index in [0.717, 1.165) is 0 Å². The van der Waals surface area contributed by atoms with Gasteiger partial charge in [-0.1, -0.05) is 24.3 Å². The van der Waals surface area contributed by atoms with Crippen molar-refractivity contribution in [3.8, 4) is 11.5 Å². The summed E-state index contributed by atoms with van der Waals surface area (Å²) in [5, 5.41) is 6.21. The topological polar surface area (TPSA) is 92.7 Å². The van der Waals surface area contributed by atoms with Gasteiger partial charge in [-0.05, 0) is 42.5 Å². The molecule has 0 aliphatic heterocycles. The Morgan fingerprint density at radius 1 is 0.889 bits per heavy atom. The first-order chi connectivity index (χ1) is 13.2. The second-order valence-corrected chi connectivity index (χ2v) is 5.38. The van der Waals surface area contributed by atoms with Gasteiger partial charge in [-0.2, -0.15) is 5.10 Å². The van der Waals surface area contributed by atoms with Gasteiger partial charge in [0.15, 0.2) is 0 Å². The summed E-state index contributed by atoms with van der Waals surface area (Å²) in [6.45, 7) is 0. The van der Waals surface area contributed by atoms with Crippen LogP contribution in [-0.4, -0.2) is 23.0 Å². The van der Waals surface area contributed by atoms with Gasteiger partial charge in [0, 0.05) is 23.6 Å². The molecule has 0 fully saturated rings. The van der Waals surface area contributed by atoms with E-state index < -0.39 is 11.8 Å². The van der Waals surface area contributed by atoms with Gasteiger partial charge in [-0.3, -0.25) is 14.6 Å². The van der Waals surface area contributed by atoms with Crippen molar-refractivity contribution >= 4 is 23.7 Å². The van der Waals surface area contributed by atoms with Crippen LogP contribution < -0.4 is 15.5 Å². The van der Waals surface area contributed by atoms with Crippen LogP contribution in [0.5, 0.6) is 11.5 Å². The van der Waals surface area contributed by atoms with E-state index in [9.17, 15) is 9.59 Å². The number of anilines is 1. The van der Waals surface area contributed by atoms with Crippen LogP contribution in [0.15, 0.2) is 84.2 Å². The Hall–Kier alpha value is -4.00. The molecule has 0 saturated heterocycles. The zero-order valence-electron chi connectivity index (χ0n) is 14.2. The molecule has 0 aliphatic carbocycles. The summed E-state index contributed by atoms with van der Waals surface area (Å²) in [6, 6.07) is 19.5. The quantitative estimate of drug-likeness (QED) is 0.416. The van der Waals surface area contributed by atoms with Crippen molar-refractivity contribution in [1.29, 1.82) is 0 Å². The summed E-state index contributed by atoms with van der Waals surface area (Å²) < 4.78 is 5.66. The number of rotatable bonds is 5. The lowest BCUT2D eigenvalue weighted by Crippen LogP contribution is -2.32. The first-order valence-corrected chi connectivity index (χ1v) is 8.08. The summed E-state index contributed by atoms with van der Waals surface area (Å²) in [4.78, 5) is 27.6. The van der Waals surface area contributed by atoms with E-state index in [0.29, 0.717) is 22.7 Å². The van der Waals surface area contributed by atoms with E-state index in [1.54, 1.807) is 48.8 Å². The molecule has 1 aromatic heterocycles. The third kappa shape index (κ3) is 5.50. The fourth-order valence-corrected chi connectivity index (χ4v) is 2.09. The Labute approximate surface area is 155 Å². The maximum atomic E-state index is 11.9. The van der Waals surface area contributed by atoms with E-state index in [4.69, 9.17) is 4.74 Å². The maximum Gasteiger partial charge on any atom is 0.329 e. The predicted molar refractivity (Wildman–Crippen MR) is 102 cm³/mol. The highest BCUT2D eigenvalue weighted by atomic mass is 16.5. The maximum absolute atomic E-state index is 11.9. The van der Waals surface area contributed by atoms with Crippen LogP contribution in [0.3, 0.4) is 0 Å². The van der Waals surface area contributed by atoms with Crippen LogP contribution in [0.4, 0.5) is 5.69 Å². The molecule has 2 N–H and O–H groups in total. The molecular weight excluding hydrogens is 344 g/mol. The second-order valence-electron chi connectivity index (χ2n) is 5.38. The zero-order valence-corrected chi connectivity index (χ0v) is 14.2. The molecule has 1 heterocycles. The minimum Gasteiger partial charge on any atom is -0.457 e. The van der Waals surface area contributed by atoms with Crippen LogP contribution in [0.25, 0.3) is 0 Å². The molecular formula is C20H16N4O3. The summed E-state index contributed by atoms with van der Waals surface area (Å²) >= 11 is 0. The molecule has 0 spiro atoms. The number of para-hydroxylation sites is 1. The number of hydrogen-bond acceptors (Lipinski definition) is 5. The smallest absolute Gasteiger partial charge is 0.329 e. The number of aromatic nitrogens is 1. The number of hydrogen-bond donors (Lipinski definition) is 2. The van der Waals surface area contributed by atoms with Gasteiger partial charge in [0.2, 0.25) is 0 Å². The van der Waals surface area contributed by atoms with Gasteiger partial charge < -0.3 is 10.1 Å². The highest BCUT2D eigenvalue weighted by Crippen LogP contribution is 2.22. The normalized spacial score (nSPS) is 10.4. The lowest BCUT2D eigenvalue weighted by atomic mass is 10.3. The van der Waals surface area contributed by atoms with Crippen LogP contribution >= 0.6 is 0 Å². The van der Waals surface area contributed by atoms with Crippen LogP contribution in [0, 0.1) is 0 Å². The van der Waals surface area contributed by atoms with Crippen molar-refractivity contribution in [3.63, 3.8) is 0 Å². The third-order valence-corrected chi connectivity index (χ3v) is 3.36. The molecule has 0 radical (unpaired) electrons. The average molecular weight is 360 g/mol. The Morgan fingerprint density at radius 2 is 1.63 bits per heavy atom. The molecule has 2 aromatic carbocycles. The fraction of sp³-hybridized carbons (Fsp3) is 0. The van der Waals surface area contributed by atoms with Crippen LogP contribution in [-0.2, 0) is 9.59 Å². The van der Waals surface area contributed by atoms with E-state index in [2.05, 4.69) is 20.8 Å². The Balaban J connectivity index is 1.51. The van der Waals surface area contributed by atoms with Gasteiger partial charge in [0.25, 0.3) is 0 Å². The second kappa shape index (κ2) is 8.91. The number of pyridine rings is 1. The Morgan fingerprint density at radius 3 is 2.33 bits per heavy atom. The molecule has 0 saturated carbocycles.